The molecule has 0 spiro atoms. The van der Waals surface area contributed by atoms with E-state index >= 15 is 0 Å². The highest BCUT2D eigenvalue weighted by Gasteiger charge is 2.23. The molecule has 0 fully saturated rings. The fourth-order valence-corrected chi connectivity index (χ4v) is 6.33. The Morgan fingerprint density at radius 2 is 1.42 bits per heavy atom. The molecule has 3 aromatic heterocycles. The van der Waals surface area contributed by atoms with Crippen molar-refractivity contribution >= 4 is 32.8 Å². The summed E-state index contributed by atoms with van der Waals surface area (Å²) in [6, 6.07) is 41.3. The average Bonchev–Trinajstić information content (AvgIpc) is 3.70. The number of imidazole rings is 1. The van der Waals surface area contributed by atoms with Crippen molar-refractivity contribution in [3.05, 3.63) is 133 Å². The van der Waals surface area contributed by atoms with Gasteiger partial charge in [-0.2, -0.15) is 0 Å². The Kier molecular flexibility index (Phi) is 6.10. The van der Waals surface area contributed by atoms with E-state index in [1.807, 2.05) is 42.6 Å². The molecule has 0 saturated heterocycles. The minimum atomic E-state index is -0.0418. The van der Waals surface area contributed by atoms with Gasteiger partial charge in [0, 0.05) is 33.8 Å². The predicted molar refractivity (Wildman–Crippen MR) is 185 cm³/mol. The molecule has 218 valence electrons. The van der Waals surface area contributed by atoms with Crippen LogP contribution in [-0.2, 0) is 5.41 Å². The van der Waals surface area contributed by atoms with Crippen molar-refractivity contribution in [2.75, 3.05) is 0 Å². The summed E-state index contributed by atoms with van der Waals surface area (Å²) in [6.45, 7) is 6.73. The summed E-state index contributed by atoms with van der Waals surface area (Å²) in [6.07, 6.45) is 2.00. The summed E-state index contributed by atoms with van der Waals surface area (Å²) in [4.78, 5) is 14.0. The maximum atomic E-state index is 11.0. The second kappa shape index (κ2) is 10.2. The number of phenols is 1. The molecule has 5 heteroatoms. The largest absolute Gasteiger partial charge is 0.506 e. The quantitative estimate of drug-likeness (QED) is 0.216. The van der Waals surface area contributed by atoms with Crippen LogP contribution in [0.2, 0.25) is 0 Å². The third-order valence-corrected chi connectivity index (χ3v) is 8.64. The van der Waals surface area contributed by atoms with Gasteiger partial charge in [0.25, 0.3) is 0 Å². The molecule has 0 aliphatic rings. The molecule has 0 aliphatic carbocycles. The Balaban J connectivity index is 1.46. The molecule has 3 heterocycles. The van der Waals surface area contributed by atoms with Gasteiger partial charge in [0.1, 0.15) is 17.1 Å². The van der Waals surface area contributed by atoms with Gasteiger partial charge in [-0.25, -0.2) is 9.97 Å². The zero-order chi connectivity index (χ0) is 30.7. The minimum absolute atomic E-state index is 0.0418. The van der Waals surface area contributed by atoms with E-state index in [-0.39, 0.29) is 11.2 Å². The van der Waals surface area contributed by atoms with Crippen LogP contribution in [0.4, 0.5) is 0 Å². The van der Waals surface area contributed by atoms with Gasteiger partial charge in [-0.15, -0.1) is 0 Å². The second-order valence-electron chi connectivity index (χ2n) is 12.6. The molecule has 0 atom stereocenters. The van der Waals surface area contributed by atoms with Gasteiger partial charge in [0.2, 0.25) is 0 Å². The number of nitrogens with zero attached hydrogens (tertiary/aromatic N) is 3. The van der Waals surface area contributed by atoms with Crippen molar-refractivity contribution < 1.29 is 5.11 Å². The van der Waals surface area contributed by atoms with E-state index in [0.717, 1.165) is 66.8 Å². The van der Waals surface area contributed by atoms with E-state index in [1.54, 1.807) is 6.07 Å². The average molecular weight is 585 g/mol. The first kappa shape index (κ1) is 26.9. The first-order valence-corrected chi connectivity index (χ1v) is 15.2. The summed E-state index contributed by atoms with van der Waals surface area (Å²) >= 11 is 0. The van der Waals surface area contributed by atoms with Crippen molar-refractivity contribution in [2.45, 2.75) is 26.2 Å². The van der Waals surface area contributed by atoms with Crippen molar-refractivity contribution in [2.24, 2.45) is 0 Å². The smallest absolute Gasteiger partial charge is 0.147 e. The molecule has 45 heavy (non-hydrogen) atoms. The predicted octanol–water partition coefficient (Wildman–Crippen LogP) is 10.1. The highest BCUT2D eigenvalue weighted by Crippen LogP contribution is 2.41. The molecule has 0 saturated carbocycles. The third kappa shape index (κ3) is 4.47. The summed E-state index contributed by atoms with van der Waals surface area (Å²) in [5, 5.41) is 13.0. The summed E-state index contributed by atoms with van der Waals surface area (Å²) in [5.41, 5.74) is 10.5. The monoisotopic (exact) mass is 584 g/mol. The lowest BCUT2D eigenvalue weighted by atomic mass is 9.85. The molecular weight excluding hydrogens is 552 g/mol. The fraction of sp³-hybridized carbons (Fsp3) is 0.100. The SMILES string of the molecule is CC(C)(C)c1cc(-c2nc3c(-c4cc(-c5ccccc5)c5cccc(O)c5n4)cccc3n2-c2ccccc2)c2[nH]ccc2c1. The molecule has 8 aromatic rings. The van der Waals surface area contributed by atoms with E-state index < -0.39 is 0 Å². The van der Waals surface area contributed by atoms with Crippen molar-refractivity contribution in [1.29, 1.82) is 0 Å². The zero-order valence-electron chi connectivity index (χ0n) is 25.4. The Morgan fingerprint density at radius 3 is 2.20 bits per heavy atom. The normalized spacial score (nSPS) is 12.0. The molecule has 0 radical (unpaired) electrons. The summed E-state index contributed by atoms with van der Waals surface area (Å²) < 4.78 is 2.25. The molecule has 0 aliphatic heterocycles. The van der Waals surface area contributed by atoms with E-state index in [9.17, 15) is 5.11 Å². The number of H-pyrrole nitrogens is 1. The number of rotatable bonds is 4. The van der Waals surface area contributed by atoms with Crippen molar-refractivity contribution in [3.63, 3.8) is 0 Å². The number of nitrogens with one attached hydrogen (secondary N) is 1. The molecule has 0 unspecified atom stereocenters. The Bertz CT molecular complexity index is 2360. The number of aromatic amines is 1. The molecule has 2 N–H and O–H groups in total. The zero-order valence-corrected chi connectivity index (χ0v) is 25.4. The van der Waals surface area contributed by atoms with Crippen LogP contribution in [0.5, 0.6) is 5.75 Å². The first-order chi connectivity index (χ1) is 21.9. The van der Waals surface area contributed by atoms with E-state index in [4.69, 9.17) is 9.97 Å². The van der Waals surface area contributed by atoms with Gasteiger partial charge < -0.3 is 10.1 Å². The summed E-state index contributed by atoms with van der Waals surface area (Å²) in [7, 11) is 0. The number of phenolic OH excluding ortho intramolecular Hbond substituents is 1. The van der Waals surface area contributed by atoms with Gasteiger partial charge in [0.05, 0.1) is 22.2 Å². The Morgan fingerprint density at radius 1 is 0.667 bits per heavy atom. The molecule has 0 bridgehead atoms. The van der Waals surface area contributed by atoms with Gasteiger partial charge in [-0.1, -0.05) is 93.6 Å². The highest BCUT2D eigenvalue weighted by molar-refractivity contribution is 6.03. The fourth-order valence-electron chi connectivity index (χ4n) is 6.33. The van der Waals surface area contributed by atoms with Crippen LogP contribution in [0.15, 0.2) is 128 Å². The van der Waals surface area contributed by atoms with Crippen LogP contribution in [0, 0.1) is 0 Å². The number of hydrogen-bond acceptors (Lipinski definition) is 3. The molecule has 0 amide bonds. The van der Waals surface area contributed by atoms with Crippen LogP contribution in [0.25, 0.3) is 72.3 Å². The number of benzene rings is 5. The van der Waals surface area contributed by atoms with Gasteiger partial charge in [-0.3, -0.25) is 4.57 Å². The van der Waals surface area contributed by atoms with Crippen LogP contribution in [-0.4, -0.2) is 24.6 Å². The number of pyridine rings is 1. The topological polar surface area (TPSA) is 66.7 Å². The van der Waals surface area contributed by atoms with E-state index in [1.165, 1.54) is 5.56 Å². The maximum Gasteiger partial charge on any atom is 0.147 e. The van der Waals surface area contributed by atoms with Gasteiger partial charge in [-0.05, 0) is 70.6 Å². The van der Waals surface area contributed by atoms with Gasteiger partial charge >= 0.3 is 0 Å². The number of aromatic hydroxyl groups is 1. The molecule has 5 aromatic carbocycles. The number of hydrogen-bond donors (Lipinski definition) is 2. The minimum Gasteiger partial charge on any atom is -0.506 e. The number of para-hydroxylation sites is 3. The van der Waals surface area contributed by atoms with Crippen LogP contribution < -0.4 is 0 Å². The third-order valence-electron chi connectivity index (χ3n) is 8.64. The van der Waals surface area contributed by atoms with Crippen molar-refractivity contribution in [1.82, 2.24) is 19.5 Å². The molecule has 8 rings (SSSR count). The van der Waals surface area contributed by atoms with E-state index in [0.29, 0.717) is 5.52 Å². The lowest BCUT2D eigenvalue weighted by Gasteiger charge is -2.21. The lowest BCUT2D eigenvalue weighted by Crippen LogP contribution is -2.11. The van der Waals surface area contributed by atoms with E-state index in [2.05, 4.69) is 109 Å². The number of aromatic nitrogens is 4. The lowest BCUT2D eigenvalue weighted by molar-refractivity contribution is 0.480. The number of fused-ring (bicyclic) bond motifs is 3. The Hall–Kier alpha value is -5.68. The molecule has 5 nitrogen and oxygen atoms in total. The second-order valence-corrected chi connectivity index (χ2v) is 12.6. The first-order valence-electron chi connectivity index (χ1n) is 15.2. The van der Waals surface area contributed by atoms with Gasteiger partial charge in [0.15, 0.2) is 0 Å². The summed E-state index contributed by atoms with van der Waals surface area (Å²) in [5.74, 6) is 1.01. The van der Waals surface area contributed by atoms with Crippen LogP contribution in [0.1, 0.15) is 26.3 Å². The van der Waals surface area contributed by atoms with Crippen molar-refractivity contribution in [3.8, 4) is 45.2 Å². The molecular formula is C40H32N4O. The standard InChI is InChI=1S/C40H32N4O/c1-40(2,3)27-22-26-20-21-41-36(26)32(23-27)39-43-37-30(17-10-18-34(37)44(39)28-14-8-5-9-15-28)33-24-31(25-12-6-4-7-13-25)29-16-11-19-35(45)38(29)42-33/h4-24,41,45H,1-3H3. The van der Waals surface area contributed by atoms with Crippen LogP contribution >= 0.6 is 0 Å². The maximum absolute atomic E-state index is 11.0. The van der Waals surface area contributed by atoms with Crippen LogP contribution in [0.3, 0.4) is 0 Å². The highest BCUT2D eigenvalue weighted by atomic mass is 16.3. The Labute approximate surface area is 261 Å².